The monoisotopic (exact) mass is 350 g/mol. The molecule has 0 spiro atoms. The van der Waals surface area contributed by atoms with E-state index in [-0.39, 0.29) is 0 Å². The summed E-state index contributed by atoms with van der Waals surface area (Å²) in [6.45, 7) is 4.52. The molecule has 0 fully saturated rings. The first kappa shape index (κ1) is 17.7. The molecule has 3 aromatic rings. The van der Waals surface area contributed by atoms with E-state index in [0.717, 1.165) is 22.4 Å². The topological polar surface area (TPSA) is 69.2 Å². The van der Waals surface area contributed by atoms with Gasteiger partial charge in [-0.3, -0.25) is 0 Å². The smallest absolute Gasteiger partial charge is 0.183 e. The molecule has 1 aromatic heterocycles. The van der Waals surface area contributed by atoms with Crippen molar-refractivity contribution in [3.8, 4) is 22.9 Å². The quantitative estimate of drug-likeness (QED) is 0.729. The van der Waals surface area contributed by atoms with Gasteiger partial charge < -0.3 is 14.8 Å². The summed E-state index contributed by atoms with van der Waals surface area (Å²) >= 11 is 0. The van der Waals surface area contributed by atoms with Crippen LogP contribution in [0.1, 0.15) is 16.8 Å². The average Bonchev–Trinajstić information content (AvgIpc) is 2.67. The Labute approximate surface area is 153 Å². The summed E-state index contributed by atoms with van der Waals surface area (Å²) in [5.74, 6) is 2.73. The molecule has 6 nitrogen and oxygen atoms in total. The van der Waals surface area contributed by atoms with Gasteiger partial charge in [0, 0.05) is 12.1 Å². The molecule has 0 atom stereocenters. The number of ether oxygens (including phenoxy) is 2. The summed E-state index contributed by atoms with van der Waals surface area (Å²) in [5.41, 5.74) is 3.91. The summed E-state index contributed by atoms with van der Waals surface area (Å²) in [5, 5.41) is 11.8. The van der Waals surface area contributed by atoms with Crippen molar-refractivity contribution < 1.29 is 9.47 Å². The van der Waals surface area contributed by atoms with Crippen molar-refractivity contribution in [1.29, 1.82) is 0 Å². The number of methoxy groups -OCH3 is 2. The van der Waals surface area contributed by atoms with E-state index in [2.05, 4.69) is 20.5 Å². The largest absolute Gasteiger partial charge is 0.493 e. The third kappa shape index (κ3) is 3.91. The summed E-state index contributed by atoms with van der Waals surface area (Å²) < 4.78 is 10.6. The Hall–Kier alpha value is -3.15. The number of aromatic nitrogens is 3. The van der Waals surface area contributed by atoms with Gasteiger partial charge in [-0.15, -0.1) is 10.2 Å². The normalized spacial score (nSPS) is 10.5. The predicted octanol–water partition coefficient (Wildman–Crippen LogP) is 3.78. The van der Waals surface area contributed by atoms with Gasteiger partial charge in [-0.25, -0.2) is 4.98 Å². The first-order valence-corrected chi connectivity index (χ1v) is 8.34. The van der Waals surface area contributed by atoms with Gasteiger partial charge in [0.25, 0.3) is 0 Å². The number of nitrogens with zero attached hydrogens (tertiary/aromatic N) is 3. The standard InChI is InChI=1S/C20H22N4O2/c1-13-6-5-7-16(10-13)20-22-19(14(2)23-24-20)21-12-15-8-9-17(25-3)18(11-15)26-4/h5-11H,12H2,1-4H3,(H,21,22,24). The zero-order chi connectivity index (χ0) is 18.5. The molecular formula is C20H22N4O2. The lowest BCUT2D eigenvalue weighted by Gasteiger charge is -2.12. The number of anilines is 1. The zero-order valence-electron chi connectivity index (χ0n) is 15.4. The SMILES string of the molecule is COc1ccc(CNc2nc(-c3cccc(C)c3)nnc2C)cc1OC. The van der Waals surface area contributed by atoms with Gasteiger partial charge in [0.2, 0.25) is 0 Å². The second-order valence-electron chi connectivity index (χ2n) is 5.98. The van der Waals surface area contributed by atoms with Gasteiger partial charge in [-0.05, 0) is 37.6 Å². The van der Waals surface area contributed by atoms with Crippen LogP contribution in [0, 0.1) is 13.8 Å². The van der Waals surface area contributed by atoms with Crippen molar-refractivity contribution in [1.82, 2.24) is 15.2 Å². The molecule has 3 rings (SSSR count). The highest BCUT2D eigenvalue weighted by atomic mass is 16.5. The lowest BCUT2D eigenvalue weighted by molar-refractivity contribution is 0.354. The highest BCUT2D eigenvalue weighted by Gasteiger charge is 2.09. The molecule has 0 radical (unpaired) electrons. The van der Waals surface area contributed by atoms with Gasteiger partial charge >= 0.3 is 0 Å². The van der Waals surface area contributed by atoms with Crippen LogP contribution in [-0.2, 0) is 6.54 Å². The molecular weight excluding hydrogens is 328 g/mol. The molecule has 0 aliphatic rings. The van der Waals surface area contributed by atoms with Crippen molar-refractivity contribution in [3.05, 3.63) is 59.3 Å². The molecule has 0 saturated carbocycles. The predicted molar refractivity (Wildman–Crippen MR) is 102 cm³/mol. The maximum Gasteiger partial charge on any atom is 0.183 e. The Morgan fingerprint density at radius 3 is 2.46 bits per heavy atom. The molecule has 0 aliphatic carbocycles. The number of hydrogen-bond acceptors (Lipinski definition) is 6. The van der Waals surface area contributed by atoms with E-state index in [1.54, 1.807) is 14.2 Å². The molecule has 2 aromatic carbocycles. The Morgan fingerprint density at radius 1 is 0.923 bits per heavy atom. The molecule has 1 heterocycles. The number of hydrogen-bond donors (Lipinski definition) is 1. The third-order valence-corrected chi connectivity index (χ3v) is 4.04. The average molecular weight is 350 g/mol. The van der Waals surface area contributed by atoms with Gasteiger partial charge in [0.05, 0.1) is 14.2 Å². The number of nitrogens with one attached hydrogen (secondary N) is 1. The fraction of sp³-hybridized carbons (Fsp3) is 0.250. The van der Waals surface area contributed by atoms with Crippen LogP contribution in [0.3, 0.4) is 0 Å². The van der Waals surface area contributed by atoms with Crippen LogP contribution in [0.25, 0.3) is 11.4 Å². The maximum absolute atomic E-state index is 5.35. The van der Waals surface area contributed by atoms with Crippen molar-refractivity contribution in [2.24, 2.45) is 0 Å². The van der Waals surface area contributed by atoms with E-state index < -0.39 is 0 Å². The summed E-state index contributed by atoms with van der Waals surface area (Å²) in [6.07, 6.45) is 0. The fourth-order valence-electron chi connectivity index (χ4n) is 2.63. The van der Waals surface area contributed by atoms with Crippen LogP contribution in [0.15, 0.2) is 42.5 Å². The molecule has 0 unspecified atom stereocenters. The molecule has 1 N–H and O–H groups in total. The van der Waals surface area contributed by atoms with Crippen molar-refractivity contribution in [3.63, 3.8) is 0 Å². The second kappa shape index (κ2) is 7.82. The molecule has 0 saturated heterocycles. The highest BCUT2D eigenvalue weighted by molar-refractivity contribution is 5.58. The van der Waals surface area contributed by atoms with Gasteiger partial charge in [-0.2, -0.15) is 0 Å². The summed E-state index contributed by atoms with van der Waals surface area (Å²) in [7, 11) is 3.25. The van der Waals surface area contributed by atoms with Gasteiger partial charge in [0.1, 0.15) is 5.69 Å². The van der Waals surface area contributed by atoms with E-state index in [9.17, 15) is 0 Å². The first-order chi connectivity index (χ1) is 12.6. The molecule has 0 amide bonds. The molecule has 6 heteroatoms. The zero-order valence-corrected chi connectivity index (χ0v) is 15.4. The van der Waals surface area contributed by atoms with Crippen molar-refractivity contribution in [2.45, 2.75) is 20.4 Å². The molecule has 0 aliphatic heterocycles. The summed E-state index contributed by atoms with van der Waals surface area (Å²) in [4.78, 5) is 4.63. The lowest BCUT2D eigenvalue weighted by Crippen LogP contribution is -2.07. The number of benzene rings is 2. The minimum absolute atomic E-state index is 0.590. The third-order valence-electron chi connectivity index (χ3n) is 4.04. The van der Waals surface area contributed by atoms with Gasteiger partial charge in [0.15, 0.2) is 23.1 Å². The van der Waals surface area contributed by atoms with Crippen molar-refractivity contribution >= 4 is 5.82 Å². The Balaban J connectivity index is 1.81. The summed E-state index contributed by atoms with van der Waals surface area (Å²) in [6, 6.07) is 13.9. The van der Waals surface area contributed by atoms with Crippen LogP contribution in [0.4, 0.5) is 5.82 Å². The van der Waals surface area contributed by atoms with Crippen LogP contribution in [-0.4, -0.2) is 29.4 Å². The van der Waals surface area contributed by atoms with Gasteiger partial charge in [-0.1, -0.05) is 29.8 Å². The van der Waals surface area contributed by atoms with Crippen LogP contribution in [0.2, 0.25) is 0 Å². The number of rotatable bonds is 6. The Morgan fingerprint density at radius 2 is 1.73 bits per heavy atom. The van der Waals surface area contributed by atoms with E-state index in [1.807, 2.05) is 56.3 Å². The second-order valence-corrected chi connectivity index (χ2v) is 5.98. The molecule has 26 heavy (non-hydrogen) atoms. The van der Waals surface area contributed by atoms with E-state index in [4.69, 9.17) is 9.47 Å². The lowest BCUT2D eigenvalue weighted by atomic mass is 10.1. The fourth-order valence-corrected chi connectivity index (χ4v) is 2.63. The first-order valence-electron chi connectivity index (χ1n) is 8.34. The number of aryl methyl sites for hydroxylation is 2. The van der Waals surface area contributed by atoms with Crippen LogP contribution < -0.4 is 14.8 Å². The highest BCUT2D eigenvalue weighted by Crippen LogP contribution is 2.28. The van der Waals surface area contributed by atoms with Crippen molar-refractivity contribution in [2.75, 3.05) is 19.5 Å². The Bertz CT molecular complexity index is 912. The van der Waals surface area contributed by atoms with E-state index in [1.165, 1.54) is 0 Å². The Kier molecular flexibility index (Phi) is 5.31. The molecule has 134 valence electrons. The van der Waals surface area contributed by atoms with Crippen LogP contribution >= 0.6 is 0 Å². The maximum atomic E-state index is 5.35. The molecule has 0 bridgehead atoms. The minimum atomic E-state index is 0.590. The van der Waals surface area contributed by atoms with Crippen LogP contribution in [0.5, 0.6) is 11.5 Å². The van der Waals surface area contributed by atoms with E-state index >= 15 is 0 Å². The van der Waals surface area contributed by atoms with E-state index in [0.29, 0.717) is 29.7 Å². The minimum Gasteiger partial charge on any atom is -0.493 e.